The number of carboxylic acid groups (broad SMARTS) is 1. The normalized spacial score (nSPS) is 27.1. The molecule has 104 valence electrons. The number of ether oxygens (including phenoxy) is 2. The first-order chi connectivity index (χ1) is 9.17. The van der Waals surface area contributed by atoms with Crippen LogP contribution in [-0.2, 0) is 14.3 Å². The van der Waals surface area contributed by atoms with E-state index in [1.807, 2.05) is 30.3 Å². The largest absolute Gasteiger partial charge is 0.481 e. The molecule has 1 saturated heterocycles. The fourth-order valence-electron chi connectivity index (χ4n) is 2.18. The topological polar surface area (TPSA) is 55.8 Å². The van der Waals surface area contributed by atoms with Gasteiger partial charge in [0, 0.05) is 24.8 Å². The van der Waals surface area contributed by atoms with Gasteiger partial charge in [-0.2, -0.15) is 0 Å². The average Bonchev–Trinajstić information content (AvgIpc) is 2.38. The van der Waals surface area contributed by atoms with Gasteiger partial charge in [-0.3, -0.25) is 4.79 Å². The van der Waals surface area contributed by atoms with E-state index in [1.54, 1.807) is 18.9 Å². The Morgan fingerprint density at radius 1 is 1.42 bits per heavy atom. The van der Waals surface area contributed by atoms with Gasteiger partial charge in [0.1, 0.15) is 5.44 Å². The number of benzene rings is 1. The predicted octanol–water partition coefficient (Wildman–Crippen LogP) is 2.77. The lowest BCUT2D eigenvalue weighted by Gasteiger charge is -2.33. The molecule has 1 aromatic rings. The van der Waals surface area contributed by atoms with E-state index in [9.17, 15) is 4.79 Å². The molecule has 4 nitrogen and oxygen atoms in total. The van der Waals surface area contributed by atoms with Crippen molar-refractivity contribution in [1.29, 1.82) is 0 Å². The highest BCUT2D eigenvalue weighted by atomic mass is 32.2. The maximum atomic E-state index is 10.8. The highest BCUT2D eigenvalue weighted by Gasteiger charge is 2.31. The van der Waals surface area contributed by atoms with Gasteiger partial charge in [0.2, 0.25) is 0 Å². The predicted molar refractivity (Wildman–Crippen MR) is 73.2 cm³/mol. The standard InChI is InChI=1S/C14H18O4S/c1-17-10-7-11(8-13(15)16)18-14(9-10)19-12-5-3-2-4-6-12/h2-6,10-11,14H,7-9H2,1H3,(H,15,16)/t10-,11-,14+/m0/s1. The lowest BCUT2D eigenvalue weighted by Crippen LogP contribution is -2.36. The molecule has 0 unspecified atom stereocenters. The van der Waals surface area contributed by atoms with Gasteiger partial charge in [-0.15, -0.1) is 0 Å². The van der Waals surface area contributed by atoms with Crippen molar-refractivity contribution >= 4 is 17.7 Å². The Labute approximate surface area is 117 Å². The summed E-state index contributed by atoms with van der Waals surface area (Å²) in [5.74, 6) is -0.829. The molecular weight excluding hydrogens is 264 g/mol. The fraction of sp³-hybridized carbons (Fsp3) is 0.500. The summed E-state index contributed by atoms with van der Waals surface area (Å²) >= 11 is 1.62. The second kappa shape index (κ2) is 6.93. The molecule has 0 amide bonds. The Morgan fingerprint density at radius 2 is 2.16 bits per heavy atom. The Hall–Kier alpha value is -1.04. The van der Waals surface area contributed by atoms with Crippen LogP contribution in [-0.4, -0.2) is 35.8 Å². The van der Waals surface area contributed by atoms with E-state index in [0.717, 1.165) is 11.3 Å². The lowest BCUT2D eigenvalue weighted by molar-refractivity contribution is -0.144. The number of methoxy groups -OCH3 is 1. The second-order valence-electron chi connectivity index (χ2n) is 4.55. The molecule has 1 aromatic carbocycles. The number of carbonyl (C=O) groups is 1. The van der Waals surface area contributed by atoms with Crippen LogP contribution in [0.5, 0.6) is 0 Å². The molecule has 19 heavy (non-hydrogen) atoms. The maximum Gasteiger partial charge on any atom is 0.305 e. The van der Waals surface area contributed by atoms with Gasteiger partial charge in [0.25, 0.3) is 0 Å². The van der Waals surface area contributed by atoms with E-state index in [-0.39, 0.29) is 24.1 Å². The Kier molecular flexibility index (Phi) is 5.24. The molecule has 2 rings (SSSR count). The molecule has 0 radical (unpaired) electrons. The lowest BCUT2D eigenvalue weighted by atomic mass is 10.0. The molecular formula is C14H18O4S. The average molecular weight is 282 g/mol. The summed E-state index contributed by atoms with van der Waals surface area (Å²) in [5.41, 5.74) is -0.0505. The van der Waals surface area contributed by atoms with E-state index < -0.39 is 5.97 Å². The molecule has 0 spiro atoms. The van der Waals surface area contributed by atoms with Gasteiger partial charge >= 0.3 is 5.97 Å². The van der Waals surface area contributed by atoms with E-state index in [2.05, 4.69) is 0 Å². The number of hydrogen-bond acceptors (Lipinski definition) is 4. The van der Waals surface area contributed by atoms with Crippen molar-refractivity contribution in [3.8, 4) is 0 Å². The molecule has 0 aliphatic carbocycles. The summed E-state index contributed by atoms with van der Waals surface area (Å²) in [7, 11) is 1.66. The van der Waals surface area contributed by atoms with Crippen molar-refractivity contribution < 1.29 is 19.4 Å². The minimum Gasteiger partial charge on any atom is -0.481 e. The van der Waals surface area contributed by atoms with Gasteiger partial charge in [-0.25, -0.2) is 0 Å². The van der Waals surface area contributed by atoms with Crippen LogP contribution in [0, 0.1) is 0 Å². The summed E-state index contributed by atoms with van der Waals surface area (Å²) in [6.07, 6.45) is 1.27. The van der Waals surface area contributed by atoms with Crippen LogP contribution in [0.2, 0.25) is 0 Å². The third-order valence-electron chi connectivity index (χ3n) is 3.07. The molecule has 1 heterocycles. The first-order valence-corrected chi connectivity index (χ1v) is 7.17. The number of rotatable bonds is 5. The monoisotopic (exact) mass is 282 g/mol. The number of hydrogen-bond donors (Lipinski definition) is 1. The van der Waals surface area contributed by atoms with Crippen LogP contribution in [0.3, 0.4) is 0 Å². The third-order valence-corrected chi connectivity index (χ3v) is 4.18. The Morgan fingerprint density at radius 3 is 2.79 bits per heavy atom. The molecule has 1 aliphatic rings. The summed E-state index contributed by atoms with van der Waals surface area (Å²) in [6.45, 7) is 0. The quantitative estimate of drug-likeness (QED) is 0.900. The zero-order valence-corrected chi connectivity index (χ0v) is 11.6. The second-order valence-corrected chi connectivity index (χ2v) is 5.78. The van der Waals surface area contributed by atoms with E-state index in [0.29, 0.717) is 6.42 Å². The van der Waals surface area contributed by atoms with Crippen LogP contribution in [0.25, 0.3) is 0 Å². The number of thioether (sulfide) groups is 1. The molecule has 1 N–H and O–H groups in total. The molecule has 0 bridgehead atoms. The molecule has 1 aliphatic heterocycles. The Bertz CT molecular complexity index is 409. The molecule has 1 fully saturated rings. The summed E-state index contributed by atoms with van der Waals surface area (Å²) in [5, 5.41) is 8.87. The molecule has 5 heteroatoms. The molecule has 3 atom stereocenters. The van der Waals surface area contributed by atoms with E-state index >= 15 is 0 Å². The zero-order chi connectivity index (χ0) is 13.7. The van der Waals surface area contributed by atoms with Gasteiger partial charge in [-0.05, 0) is 12.1 Å². The van der Waals surface area contributed by atoms with Crippen LogP contribution in [0.4, 0.5) is 0 Å². The van der Waals surface area contributed by atoms with Crippen LogP contribution in [0.15, 0.2) is 35.2 Å². The highest BCUT2D eigenvalue weighted by molar-refractivity contribution is 7.99. The fourth-order valence-corrected chi connectivity index (χ4v) is 3.32. The van der Waals surface area contributed by atoms with E-state index in [1.165, 1.54) is 0 Å². The molecule has 0 saturated carbocycles. The van der Waals surface area contributed by atoms with Crippen LogP contribution >= 0.6 is 11.8 Å². The van der Waals surface area contributed by atoms with Gasteiger partial charge in [-0.1, -0.05) is 30.0 Å². The summed E-state index contributed by atoms with van der Waals surface area (Å²) in [4.78, 5) is 11.9. The van der Waals surface area contributed by atoms with Gasteiger partial charge in [0.05, 0.1) is 18.6 Å². The number of carboxylic acids is 1. The minimum absolute atomic E-state index is 0.0334. The third kappa shape index (κ3) is 4.53. The van der Waals surface area contributed by atoms with Crippen molar-refractivity contribution in [3.63, 3.8) is 0 Å². The van der Waals surface area contributed by atoms with Crippen molar-refractivity contribution in [2.45, 2.75) is 41.8 Å². The maximum absolute atomic E-state index is 10.8. The van der Waals surface area contributed by atoms with Crippen molar-refractivity contribution in [2.24, 2.45) is 0 Å². The van der Waals surface area contributed by atoms with Gasteiger partial charge in [0.15, 0.2) is 0 Å². The number of aliphatic carboxylic acids is 1. The van der Waals surface area contributed by atoms with Gasteiger partial charge < -0.3 is 14.6 Å². The van der Waals surface area contributed by atoms with Crippen molar-refractivity contribution in [3.05, 3.63) is 30.3 Å². The minimum atomic E-state index is -0.829. The molecule has 0 aromatic heterocycles. The van der Waals surface area contributed by atoms with Crippen LogP contribution in [0.1, 0.15) is 19.3 Å². The summed E-state index contributed by atoms with van der Waals surface area (Å²) in [6, 6.07) is 9.98. The first kappa shape index (κ1) is 14.4. The van der Waals surface area contributed by atoms with Crippen LogP contribution < -0.4 is 0 Å². The van der Waals surface area contributed by atoms with E-state index in [4.69, 9.17) is 14.6 Å². The highest BCUT2D eigenvalue weighted by Crippen LogP contribution is 2.34. The zero-order valence-electron chi connectivity index (χ0n) is 10.8. The SMILES string of the molecule is CO[C@H]1C[C@@H](CC(=O)O)O[C@H](Sc2ccccc2)C1. The van der Waals surface area contributed by atoms with Crippen molar-refractivity contribution in [1.82, 2.24) is 0 Å². The first-order valence-electron chi connectivity index (χ1n) is 6.29. The summed E-state index contributed by atoms with van der Waals surface area (Å²) < 4.78 is 11.2. The smallest absolute Gasteiger partial charge is 0.305 e. The van der Waals surface area contributed by atoms with Crippen molar-refractivity contribution in [2.75, 3.05) is 7.11 Å². The Balaban J connectivity index is 1.97.